The van der Waals surface area contributed by atoms with Gasteiger partial charge in [-0.25, -0.2) is 9.67 Å². The van der Waals surface area contributed by atoms with Crippen molar-refractivity contribution in [1.82, 2.24) is 19.6 Å². The number of hydrogen-bond donors (Lipinski definition) is 1. The fraction of sp³-hybridized carbons (Fsp3) is 0.176. The van der Waals surface area contributed by atoms with Gasteiger partial charge in [0.1, 0.15) is 11.4 Å². The maximum Gasteiger partial charge on any atom is 0.262 e. The van der Waals surface area contributed by atoms with E-state index in [1.807, 2.05) is 18.2 Å². The van der Waals surface area contributed by atoms with E-state index >= 15 is 0 Å². The molecule has 0 aromatic carbocycles. The summed E-state index contributed by atoms with van der Waals surface area (Å²) in [6.45, 7) is 0. The number of halogens is 1. The number of terminal acetylenes is 1. The molecule has 2 aromatic rings. The van der Waals surface area contributed by atoms with Crippen molar-refractivity contribution in [3.8, 4) is 12.3 Å². The molecule has 0 fully saturated rings. The Kier molecular flexibility index (Phi) is 4.82. The zero-order chi connectivity index (χ0) is 17.8. The van der Waals surface area contributed by atoms with Crippen LogP contribution >= 0.6 is 11.6 Å². The molecule has 3 rings (SSSR count). The number of allylic oxidation sites excluding steroid dienone is 4. The lowest BCUT2D eigenvalue weighted by Gasteiger charge is -2.18. The Morgan fingerprint density at radius 2 is 2.40 bits per heavy atom. The normalized spacial score (nSPS) is 16.7. The van der Waals surface area contributed by atoms with E-state index in [4.69, 9.17) is 18.0 Å². The van der Waals surface area contributed by atoms with Gasteiger partial charge < -0.3 is 5.32 Å². The highest BCUT2D eigenvalue weighted by atomic mass is 35.5. The lowest BCUT2D eigenvalue weighted by atomic mass is 10.1. The van der Waals surface area contributed by atoms with E-state index in [0.29, 0.717) is 28.7 Å². The summed E-state index contributed by atoms with van der Waals surface area (Å²) in [6, 6.07) is 1.72. The van der Waals surface area contributed by atoms with Gasteiger partial charge in [0.05, 0.1) is 24.7 Å². The first-order valence-electron chi connectivity index (χ1n) is 7.49. The van der Waals surface area contributed by atoms with Crippen molar-refractivity contribution in [2.24, 2.45) is 12.0 Å². The van der Waals surface area contributed by atoms with E-state index in [-0.39, 0.29) is 11.9 Å². The number of nitrogens with one attached hydrogen (secondary N) is 1. The minimum Gasteiger partial charge on any atom is -0.307 e. The zero-order valence-corrected chi connectivity index (χ0v) is 14.2. The Balaban J connectivity index is 1.82. The van der Waals surface area contributed by atoms with Gasteiger partial charge in [0, 0.05) is 18.1 Å². The van der Waals surface area contributed by atoms with Gasteiger partial charge in [0.25, 0.3) is 5.91 Å². The highest BCUT2D eigenvalue weighted by Gasteiger charge is 2.19. The summed E-state index contributed by atoms with van der Waals surface area (Å²) in [6.07, 6.45) is 15.9. The summed E-state index contributed by atoms with van der Waals surface area (Å²) < 4.78 is 3.21. The molecule has 0 aliphatic heterocycles. The smallest absolute Gasteiger partial charge is 0.262 e. The molecule has 7 nitrogen and oxygen atoms in total. The first-order valence-corrected chi connectivity index (χ1v) is 7.87. The first-order chi connectivity index (χ1) is 12.1. The van der Waals surface area contributed by atoms with Crippen LogP contribution in [0.25, 0.3) is 0 Å². The van der Waals surface area contributed by atoms with Crippen molar-refractivity contribution < 1.29 is 4.79 Å². The van der Waals surface area contributed by atoms with Gasteiger partial charge in [0.2, 0.25) is 0 Å². The molecule has 1 aliphatic carbocycles. The average Bonchev–Trinajstić information content (AvgIpc) is 3.20. The molecular formula is C17H15ClN6O. The fourth-order valence-corrected chi connectivity index (χ4v) is 2.63. The van der Waals surface area contributed by atoms with Crippen molar-refractivity contribution in [3.05, 3.63) is 47.3 Å². The number of hydrogen-bond acceptors (Lipinski definition) is 4. The average molecular weight is 355 g/mol. The summed E-state index contributed by atoms with van der Waals surface area (Å²) in [5.74, 6) is 2.91. The maximum atomic E-state index is 12.6. The Morgan fingerprint density at radius 3 is 3.12 bits per heavy atom. The van der Waals surface area contributed by atoms with E-state index in [0.717, 1.165) is 0 Å². The second-order valence-electron chi connectivity index (χ2n) is 5.30. The molecule has 0 bridgehead atoms. The third-order valence-electron chi connectivity index (χ3n) is 3.67. The van der Waals surface area contributed by atoms with Crippen LogP contribution in [-0.2, 0) is 7.05 Å². The first kappa shape index (κ1) is 16.7. The van der Waals surface area contributed by atoms with Crippen LogP contribution in [0.15, 0.2) is 46.7 Å². The number of amides is 1. The molecule has 1 unspecified atom stereocenters. The predicted octanol–water partition coefficient (Wildman–Crippen LogP) is 2.83. The molecule has 2 aromatic heterocycles. The van der Waals surface area contributed by atoms with Crippen LogP contribution in [0.5, 0.6) is 0 Å². The molecule has 1 atom stereocenters. The van der Waals surface area contributed by atoms with Gasteiger partial charge >= 0.3 is 0 Å². The lowest BCUT2D eigenvalue weighted by molar-refractivity contribution is 0.102. The number of anilines is 1. The predicted molar refractivity (Wildman–Crippen MR) is 97.1 cm³/mol. The zero-order valence-electron chi connectivity index (χ0n) is 13.4. The Hall–Kier alpha value is -3.11. The van der Waals surface area contributed by atoms with Gasteiger partial charge in [-0.3, -0.25) is 9.48 Å². The largest absolute Gasteiger partial charge is 0.307 e. The number of aryl methyl sites for hydroxylation is 1. The van der Waals surface area contributed by atoms with Gasteiger partial charge in [-0.2, -0.15) is 10.2 Å². The molecule has 0 saturated carbocycles. The van der Waals surface area contributed by atoms with Gasteiger partial charge in [-0.05, 0) is 12.5 Å². The van der Waals surface area contributed by atoms with Crippen LogP contribution in [0.3, 0.4) is 0 Å². The summed E-state index contributed by atoms with van der Waals surface area (Å²) >= 11 is 5.95. The topological polar surface area (TPSA) is 77.1 Å². The molecule has 1 N–H and O–H groups in total. The third kappa shape index (κ3) is 3.54. The Bertz CT molecular complexity index is 927. The monoisotopic (exact) mass is 354 g/mol. The fourth-order valence-electron chi connectivity index (χ4n) is 2.47. The van der Waals surface area contributed by atoms with E-state index in [1.54, 1.807) is 24.0 Å². The van der Waals surface area contributed by atoms with Crippen LogP contribution < -0.4 is 5.32 Å². The highest BCUT2D eigenvalue weighted by Crippen LogP contribution is 2.26. The maximum absolute atomic E-state index is 12.6. The van der Waals surface area contributed by atoms with Gasteiger partial charge in [-0.15, -0.1) is 6.42 Å². The van der Waals surface area contributed by atoms with Crippen LogP contribution in [0.1, 0.15) is 22.8 Å². The van der Waals surface area contributed by atoms with Crippen molar-refractivity contribution in [2.75, 3.05) is 5.32 Å². The summed E-state index contributed by atoms with van der Waals surface area (Å²) in [5, 5.41) is 11.9. The highest BCUT2D eigenvalue weighted by molar-refractivity contribution is 6.31. The molecule has 8 heteroatoms. The SMILES string of the molecule is C#CC=Nc1c(C(=O)Nc2ccnn2C2C=CC(Cl)=CC2)cnn1C. The summed E-state index contributed by atoms with van der Waals surface area (Å²) in [4.78, 5) is 16.7. The van der Waals surface area contributed by atoms with Crippen molar-refractivity contribution >= 4 is 35.4 Å². The number of rotatable bonds is 4. The van der Waals surface area contributed by atoms with E-state index in [2.05, 4.69) is 26.4 Å². The molecule has 2 heterocycles. The van der Waals surface area contributed by atoms with Crippen LogP contribution in [0.4, 0.5) is 11.6 Å². The molecule has 0 radical (unpaired) electrons. The second kappa shape index (κ2) is 7.20. The van der Waals surface area contributed by atoms with E-state index in [9.17, 15) is 4.79 Å². The number of carbonyl (C=O) groups excluding carboxylic acids is 1. The van der Waals surface area contributed by atoms with E-state index in [1.165, 1.54) is 17.1 Å². The van der Waals surface area contributed by atoms with Crippen molar-refractivity contribution in [2.45, 2.75) is 12.5 Å². The summed E-state index contributed by atoms with van der Waals surface area (Å²) in [5.41, 5.74) is 0.323. The lowest BCUT2D eigenvalue weighted by Crippen LogP contribution is -2.18. The standard InChI is InChI=1S/C17H15ClN6O/c1-3-9-19-16-14(11-21-23(16)2)17(25)22-15-8-10-20-24(15)13-6-4-12(18)5-7-13/h1,4-6,8-11,13H,7H2,2H3,(H,22,25). The summed E-state index contributed by atoms with van der Waals surface area (Å²) in [7, 11) is 1.69. The molecular weight excluding hydrogens is 340 g/mol. The molecule has 0 saturated heterocycles. The number of nitrogens with zero attached hydrogens (tertiary/aromatic N) is 5. The molecule has 1 aliphatic rings. The van der Waals surface area contributed by atoms with Crippen LogP contribution in [0, 0.1) is 12.3 Å². The van der Waals surface area contributed by atoms with Crippen molar-refractivity contribution in [1.29, 1.82) is 0 Å². The minimum absolute atomic E-state index is 0.0133. The number of carbonyl (C=O) groups is 1. The Labute approximate surface area is 149 Å². The van der Waals surface area contributed by atoms with Gasteiger partial charge in [-0.1, -0.05) is 29.7 Å². The van der Waals surface area contributed by atoms with Gasteiger partial charge in [0.15, 0.2) is 5.82 Å². The van der Waals surface area contributed by atoms with Crippen molar-refractivity contribution in [3.63, 3.8) is 0 Å². The quantitative estimate of drug-likeness (QED) is 0.677. The van der Waals surface area contributed by atoms with Crippen LogP contribution in [0.2, 0.25) is 0 Å². The molecule has 1 amide bonds. The van der Waals surface area contributed by atoms with E-state index < -0.39 is 0 Å². The third-order valence-corrected chi connectivity index (χ3v) is 3.95. The Morgan fingerprint density at radius 1 is 1.56 bits per heavy atom. The number of aromatic nitrogens is 4. The molecule has 25 heavy (non-hydrogen) atoms. The molecule has 0 spiro atoms. The molecule has 126 valence electrons. The number of aliphatic imine (C=N–C) groups is 1. The van der Waals surface area contributed by atoms with Crippen LogP contribution in [-0.4, -0.2) is 31.7 Å². The second-order valence-corrected chi connectivity index (χ2v) is 5.73. The minimum atomic E-state index is -0.340.